The number of benzene rings is 2. The molecule has 0 aliphatic carbocycles. The minimum atomic E-state index is -0.564. The molecule has 3 aromatic rings. The number of hydrogen-bond donors (Lipinski definition) is 1. The summed E-state index contributed by atoms with van der Waals surface area (Å²) in [6.45, 7) is -0.122. The van der Waals surface area contributed by atoms with Gasteiger partial charge in [-0.2, -0.15) is 0 Å². The molecule has 8 heteroatoms. The van der Waals surface area contributed by atoms with Crippen molar-refractivity contribution in [2.45, 2.75) is 13.1 Å². The number of amides is 1. The number of hydrogen-bond acceptors (Lipinski definition) is 3. The molecule has 0 saturated carbocycles. The van der Waals surface area contributed by atoms with Gasteiger partial charge in [0.2, 0.25) is 5.91 Å². The van der Waals surface area contributed by atoms with E-state index in [-0.39, 0.29) is 0 Å². The lowest BCUT2D eigenvalue weighted by atomic mass is 10.2. The molecule has 138 valence electrons. The van der Waals surface area contributed by atoms with E-state index in [4.69, 9.17) is 23.2 Å². The average molecular weight is 404 g/mol. The third-order valence-electron chi connectivity index (χ3n) is 3.78. The monoisotopic (exact) mass is 403 g/mol. The second kappa shape index (κ2) is 8.24. The zero-order valence-corrected chi connectivity index (χ0v) is 15.6. The van der Waals surface area contributed by atoms with Crippen LogP contribution >= 0.6 is 23.2 Å². The van der Waals surface area contributed by atoms with Crippen molar-refractivity contribution in [3.63, 3.8) is 0 Å². The summed E-state index contributed by atoms with van der Waals surface area (Å²) < 4.78 is 2.25. The summed E-state index contributed by atoms with van der Waals surface area (Å²) in [5.74, 6) is -0.537. The number of nitrogens with one attached hydrogen (secondary N) is 1. The summed E-state index contributed by atoms with van der Waals surface area (Å²) in [5, 5.41) is 3.30. The lowest BCUT2D eigenvalue weighted by Crippen LogP contribution is -2.41. The van der Waals surface area contributed by atoms with Crippen LogP contribution in [0.15, 0.2) is 70.4 Å². The lowest BCUT2D eigenvalue weighted by Gasteiger charge is -2.11. The van der Waals surface area contributed by atoms with Gasteiger partial charge < -0.3 is 5.32 Å². The van der Waals surface area contributed by atoms with Crippen LogP contribution in [-0.2, 0) is 17.9 Å². The Morgan fingerprint density at radius 1 is 0.963 bits per heavy atom. The fourth-order valence-corrected chi connectivity index (χ4v) is 3.10. The fourth-order valence-electron chi connectivity index (χ4n) is 2.57. The molecule has 1 N–H and O–H groups in total. The van der Waals surface area contributed by atoms with Gasteiger partial charge in [0, 0.05) is 28.0 Å². The Kier molecular flexibility index (Phi) is 5.78. The Morgan fingerprint density at radius 3 is 2.30 bits per heavy atom. The highest BCUT2D eigenvalue weighted by atomic mass is 35.5. The molecule has 0 aliphatic heterocycles. The van der Waals surface area contributed by atoms with E-state index in [0.29, 0.717) is 22.3 Å². The molecule has 0 bridgehead atoms. The third-order valence-corrected chi connectivity index (χ3v) is 4.22. The first-order valence-electron chi connectivity index (χ1n) is 8.02. The summed E-state index contributed by atoms with van der Waals surface area (Å²) >= 11 is 11.8. The van der Waals surface area contributed by atoms with Gasteiger partial charge >= 0.3 is 5.69 Å². The standard InChI is InChI=1S/C19H15Cl2N3O3/c20-14-8-15(21)10-16(9-14)22-17(25)12-24-18(26)6-7-23(19(24)27)11-13-4-2-1-3-5-13/h1-10H,11-12H2,(H,22,25). The number of nitrogens with zero attached hydrogens (tertiary/aromatic N) is 2. The predicted molar refractivity (Wildman–Crippen MR) is 106 cm³/mol. The van der Waals surface area contributed by atoms with Crippen molar-refractivity contribution in [3.05, 3.63) is 97.2 Å². The highest BCUT2D eigenvalue weighted by Crippen LogP contribution is 2.22. The third kappa shape index (κ3) is 4.87. The molecule has 1 heterocycles. The maximum Gasteiger partial charge on any atom is 0.331 e. The molecule has 0 unspecified atom stereocenters. The summed E-state index contributed by atoms with van der Waals surface area (Å²) in [6, 6.07) is 15.2. The number of aromatic nitrogens is 2. The minimum Gasteiger partial charge on any atom is -0.324 e. The highest BCUT2D eigenvalue weighted by molar-refractivity contribution is 6.35. The molecule has 6 nitrogen and oxygen atoms in total. The van der Waals surface area contributed by atoms with E-state index in [0.717, 1.165) is 10.1 Å². The molecule has 0 radical (unpaired) electrons. The van der Waals surface area contributed by atoms with E-state index >= 15 is 0 Å². The summed E-state index contributed by atoms with van der Waals surface area (Å²) in [4.78, 5) is 36.9. The fraction of sp³-hybridized carbons (Fsp3) is 0.105. The molecule has 27 heavy (non-hydrogen) atoms. The van der Waals surface area contributed by atoms with Crippen LogP contribution in [0.4, 0.5) is 5.69 Å². The summed E-state index contributed by atoms with van der Waals surface area (Å²) in [5.41, 5.74) is 0.170. The van der Waals surface area contributed by atoms with Gasteiger partial charge in [-0.05, 0) is 23.8 Å². The van der Waals surface area contributed by atoms with Crippen LogP contribution in [0.25, 0.3) is 0 Å². The second-order valence-corrected chi connectivity index (χ2v) is 6.72. The summed E-state index contributed by atoms with van der Waals surface area (Å²) in [7, 11) is 0. The SMILES string of the molecule is O=C(Cn1c(=O)ccn(Cc2ccccc2)c1=O)Nc1cc(Cl)cc(Cl)c1. The minimum absolute atomic E-state index is 0.297. The topological polar surface area (TPSA) is 73.1 Å². The first-order chi connectivity index (χ1) is 12.9. The van der Waals surface area contributed by atoms with E-state index < -0.39 is 23.7 Å². The molecular weight excluding hydrogens is 389 g/mol. The molecule has 0 atom stereocenters. The van der Waals surface area contributed by atoms with Gasteiger partial charge in [0.25, 0.3) is 5.56 Å². The van der Waals surface area contributed by atoms with E-state index in [1.54, 1.807) is 0 Å². The van der Waals surface area contributed by atoms with Crippen molar-refractivity contribution < 1.29 is 4.79 Å². The second-order valence-electron chi connectivity index (χ2n) is 5.84. The van der Waals surface area contributed by atoms with E-state index in [9.17, 15) is 14.4 Å². The molecule has 1 amide bonds. The molecule has 0 saturated heterocycles. The quantitative estimate of drug-likeness (QED) is 0.711. The van der Waals surface area contributed by atoms with Crippen LogP contribution < -0.4 is 16.6 Å². The van der Waals surface area contributed by atoms with Crippen molar-refractivity contribution >= 4 is 34.8 Å². The molecule has 0 fully saturated rings. The van der Waals surface area contributed by atoms with Crippen LogP contribution in [-0.4, -0.2) is 15.0 Å². The van der Waals surface area contributed by atoms with Gasteiger partial charge in [-0.3, -0.25) is 18.7 Å². The van der Waals surface area contributed by atoms with Crippen molar-refractivity contribution in [1.29, 1.82) is 0 Å². The Labute approximate surface area is 164 Å². The van der Waals surface area contributed by atoms with Gasteiger partial charge in [-0.25, -0.2) is 4.79 Å². The van der Waals surface area contributed by atoms with Crippen LogP contribution in [0, 0.1) is 0 Å². The van der Waals surface area contributed by atoms with Crippen molar-refractivity contribution in [2.24, 2.45) is 0 Å². The van der Waals surface area contributed by atoms with E-state index in [1.165, 1.54) is 35.0 Å². The number of carbonyl (C=O) groups is 1. The Bertz CT molecular complexity index is 1070. The van der Waals surface area contributed by atoms with Crippen LogP contribution in [0.2, 0.25) is 10.0 Å². The molecule has 1 aromatic heterocycles. The van der Waals surface area contributed by atoms with Crippen molar-refractivity contribution in [2.75, 3.05) is 5.32 Å². The number of anilines is 1. The zero-order valence-electron chi connectivity index (χ0n) is 14.1. The molecule has 3 rings (SSSR count). The first kappa shape index (κ1) is 18.9. The Morgan fingerprint density at radius 2 is 1.63 bits per heavy atom. The maximum absolute atomic E-state index is 12.6. The van der Waals surface area contributed by atoms with Gasteiger partial charge in [0.15, 0.2) is 0 Å². The smallest absolute Gasteiger partial charge is 0.324 e. The maximum atomic E-state index is 12.6. The molecule has 0 spiro atoms. The summed E-state index contributed by atoms with van der Waals surface area (Å²) in [6.07, 6.45) is 1.42. The van der Waals surface area contributed by atoms with E-state index in [1.807, 2.05) is 30.3 Å². The lowest BCUT2D eigenvalue weighted by molar-refractivity contribution is -0.116. The van der Waals surface area contributed by atoms with E-state index in [2.05, 4.69) is 5.32 Å². The van der Waals surface area contributed by atoms with Crippen molar-refractivity contribution in [3.8, 4) is 0 Å². The van der Waals surface area contributed by atoms with Crippen LogP contribution in [0.1, 0.15) is 5.56 Å². The van der Waals surface area contributed by atoms with Gasteiger partial charge in [0.1, 0.15) is 6.54 Å². The van der Waals surface area contributed by atoms with Gasteiger partial charge in [-0.15, -0.1) is 0 Å². The number of rotatable bonds is 5. The Hall–Kier alpha value is -2.83. The Balaban J connectivity index is 1.81. The van der Waals surface area contributed by atoms with Crippen LogP contribution in [0.5, 0.6) is 0 Å². The van der Waals surface area contributed by atoms with Crippen molar-refractivity contribution in [1.82, 2.24) is 9.13 Å². The number of carbonyl (C=O) groups excluding carboxylic acids is 1. The average Bonchev–Trinajstić information content (AvgIpc) is 2.61. The zero-order chi connectivity index (χ0) is 19.4. The largest absolute Gasteiger partial charge is 0.331 e. The van der Waals surface area contributed by atoms with Gasteiger partial charge in [0.05, 0.1) is 6.54 Å². The van der Waals surface area contributed by atoms with Crippen LogP contribution in [0.3, 0.4) is 0 Å². The first-order valence-corrected chi connectivity index (χ1v) is 8.78. The molecular formula is C19H15Cl2N3O3. The predicted octanol–water partition coefficient (Wildman–Crippen LogP) is 3.00. The highest BCUT2D eigenvalue weighted by Gasteiger charge is 2.11. The van der Waals surface area contributed by atoms with Gasteiger partial charge in [-0.1, -0.05) is 53.5 Å². The molecule has 2 aromatic carbocycles. The number of halogens is 2. The molecule has 0 aliphatic rings. The normalized spacial score (nSPS) is 10.6.